The first-order valence-corrected chi connectivity index (χ1v) is 12.8. The molecule has 4 aromatic heterocycles. The zero-order valence-electron chi connectivity index (χ0n) is 20.9. The molecule has 0 saturated heterocycles. The summed E-state index contributed by atoms with van der Waals surface area (Å²) < 4.78 is 46.0. The third-order valence-electron chi connectivity index (χ3n) is 5.29. The molecule has 198 valence electrons. The SMILES string of the molecule is COc1ccccc1Oc1c(NS(=O)(=O)c2ccc(C)cn2)nc(-c2ccnc(-c3nn[nH]n3)c2)nc1OC. The first kappa shape index (κ1) is 25.5. The number of aromatic nitrogens is 8. The van der Waals surface area contributed by atoms with Gasteiger partial charge in [0.1, 0.15) is 5.69 Å². The lowest BCUT2D eigenvalue weighted by molar-refractivity contribution is 0.348. The molecule has 1 aromatic carbocycles. The number of hydrogen-bond donors (Lipinski definition) is 2. The van der Waals surface area contributed by atoms with Crippen molar-refractivity contribution in [1.82, 2.24) is 40.6 Å². The zero-order chi connectivity index (χ0) is 27.4. The van der Waals surface area contributed by atoms with E-state index in [0.717, 1.165) is 5.56 Å². The number of tetrazole rings is 1. The standard InChI is InChI=1S/C24H21N9O5S/c1-14-8-9-19(26-13-14)39(34,35)31-23-20(38-18-7-5-4-6-17(18)36-2)24(37-3)28-21(27-23)15-10-11-25-16(12-15)22-29-32-33-30-22/h4-13H,1-3H3,(H,27,28,31)(H,29,30,32,33). The van der Waals surface area contributed by atoms with Gasteiger partial charge in [0.15, 0.2) is 28.2 Å². The summed E-state index contributed by atoms with van der Waals surface area (Å²) in [5.41, 5.74) is 1.67. The summed E-state index contributed by atoms with van der Waals surface area (Å²) in [5.74, 6) is 0.728. The molecule has 0 aliphatic heterocycles. The van der Waals surface area contributed by atoms with Gasteiger partial charge in [-0.25, -0.2) is 9.97 Å². The molecule has 14 nitrogen and oxygen atoms in total. The zero-order valence-corrected chi connectivity index (χ0v) is 21.7. The number of pyridine rings is 2. The van der Waals surface area contributed by atoms with E-state index in [4.69, 9.17) is 14.2 Å². The van der Waals surface area contributed by atoms with Crippen LogP contribution < -0.4 is 18.9 Å². The Morgan fingerprint density at radius 3 is 2.44 bits per heavy atom. The van der Waals surface area contributed by atoms with Crippen LogP contribution >= 0.6 is 0 Å². The number of nitrogens with zero attached hydrogens (tertiary/aromatic N) is 7. The Morgan fingerprint density at radius 2 is 1.74 bits per heavy atom. The molecule has 0 aliphatic carbocycles. The summed E-state index contributed by atoms with van der Waals surface area (Å²) in [4.78, 5) is 17.2. The average molecular weight is 548 g/mol. The predicted octanol–water partition coefficient (Wildman–Crippen LogP) is 3.03. The van der Waals surface area contributed by atoms with Gasteiger partial charge in [0.25, 0.3) is 15.9 Å². The maximum atomic E-state index is 13.3. The fourth-order valence-corrected chi connectivity index (χ4v) is 4.36. The smallest absolute Gasteiger partial charge is 0.280 e. The molecule has 4 heterocycles. The van der Waals surface area contributed by atoms with E-state index in [1.165, 1.54) is 32.7 Å². The molecule has 0 atom stereocenters. The average Bonchev–Trinajstić information content (AvgIpc) is 3.49. The van der Waals surface area contributed by atoms with Crippen molar-refractivity contribution in [3.8, 4) is 46.0 Å². The summed E-state index contributed by atoms with van der Waals surface area (Å²) in [6, 6.07) is 13.1. The molecule has 0 bridgehead atoms. The Morgan fingerprint density at radius 1 is 0.923 bits per heavy atom. The van der Waals surface area contributed by atoms with Crippen LogP contribution in [0.5, 0.6) is 23.1 Å². The number of H-pyrrole nitrogens is 1. The molecular formula is C24H21N9O5S. The largest absolute Gasteiger partial charge is 0.493 e. The molecule has 0 fully saturated rings. The Kier molecular flexibility index (Phi) is 6.96. The van der Waals surface area contributed by atoms with Crippen molar-refractivity contribution in [2.45, 2.75) is 11.9 Å². The molecule has 15 heteroatoms. The Bertz CT molecular complexity index is 1710. The van der Waals surface area contributed by atoms with Gasteiger partial charge in [-0.3, -0.25) is 9.71 Å². The van der Waals surface area contributed by atoms with Crippen LogP contribution in [0.4, 0.5) is 5.82 Å². The number of benzene rings is 1. The lowest BCUT2D eigenvalue weighted by Gasteiger charge is -2.17. The van der Waals surface area contributed by atoms with E-state index in [-0.39, 0.29) is 39.9 Å². The summed E-state index contributed by atoms with van der Waals surface area (Å²) in [7, 11) is -1.34. The first-order chi connectivity index (χ1) is 18.9. The van der Waals surface area contributed by atoms with Gasteiger partial charge in [-0.15, -0.1) is 10.2 Å². The fraction of sp³-hybridized carbons (Fsp3) is 0.125. The van der Waals surface area contributed by atoms with Gasteiger partial charge in [-0.2, -0.15) is 18.6 Å². The molecule has 0 unspecified atom stereocenters. The minimum absolute atomic E-state index is 0.0432. The van der Waals surface area contributed by atoms with Crippen LogP contribution in [0.2, 0.25) is 0 Å². The van der Waals surface area contributed by atoms with Crippen molar-refractivity contribution >= 4 is 15.8 Å². The number of para-hydroxylation sites is 2. The Hall–Kier alpha value is -5.18. The maximum Gasteiger partial charge on any atom is 0.280 e. The topological polar surface area (TPSA) is 180 Å². The molecule has 5 aromatic rings. The summed E-state index contributed by atoms with van der Waals surface area (Å²) in [5, 5.41) is 13.6. The number of nitrogens with one attached hydrogen (secondary N) is 2. The third kappa shape index (κ3) is 5.42. The van der Waals surface area contributed by atoms with Crippen molar-refractivity contribution in [3.05, 3.63) is 66.5 Å². The highest BCUT2D eigenvalue weighted by atomic mass is 32.2. The van der Waals surface area contributed by atoms with E-state index in [9.17, 15) is 8.42 Å². The van der Waals surface area contributed by atoms with Crippen LogP contribution in [0.25, 0.3) is 22.9 Å². The van der Waals surface area contributed by atoms with Gasteiger partial charge < -0.3 is 14.2 Å². The van der Waals surface area contributed by atoms with Gasteiger partial charge in [-0.05, 0) is 48.0 Å². The van der Waals surface area contributed by atoms with Gasteiger partial charge in [0, 0.05) is 18.0 Å². The number of hydrogen-bond acceptors (Lipinski definition) is 12. The second-order valence-corrected chi connectivity index (χ2v) is 9.56. The second-order valence-electron chi connectivity index (χ2n) is 7.93. The second kappa shape index (κ2) is 10.7. The number of rotatable bonds is 9. The highest BCUT2D eigenvalue weighted by Crippen LogP contribution is 2.41. The summed E-state index contributed by atoms with van der Waals surface area (Å²) in [6.45, 7) is 1.80. The maximum absolute atomic E-state index is 13.3. The van der Waals surface area contributed by atoms with Gasteiger partial charge in [0.05, 0.1) is 14.2 Å². The normalized spacial score (nSPS) is 11.2. The van der Waals surface area contributed by atoms with Crippen LogP contribution in [0.15, 0.2) is 66.0 Å². The lowest BCUT2D eigenvalue weighted by atomic mass is 10.2. The van der Waals surface area contributed by atoms with Crippen molar-refractivity contribution < 1.29 is 22.6 Å². The highest BCUT2D eigenvalue weighted by molar-refractivity contribution is 7.92. The van der Waals surface area contributed by atoms with Crippen LogP contribution in [0, 0.1) is 6.92 Å². The fourth-order valence-electron chi connectivity index (χ4n) is 3.43. The lowest BCUT2D eigenvalue weighted by Crippen LogP contribution is -2.17. The number of sulfonamides is 1. The molecule has 0 saturated carbocycles. The van der Waals surface area contributed by atoms with Crippen LogP contribution in [-0.2, 0) is 10.0 Å². The van der Waals surface area contributed by atoms with Crippen molar-refractivity contribution in [2.75, 3.05) is 18.9 Å². The van der Waals surface area contributed by atoms with Crippen LogP contribution in [0.3, 0.4) is 0 Å². The van der Waals surface area contributed by atoms with E-state index in [2.05, 4.69) is 45.3 Å². The van der Waals surface area contributed by atoms with E-state index < -0.39 is 10.0 Å². The first-order valence-electron chi connectivity index (χ1n) is 11.3. The molecule has 0 aliphatic rings. The van der Waals surface area contributed by atoms with Crippen molar-refractivity contribution in [1.29, 1.82) is 0 Å². The van der Waals surface area contributed by atoms with E-state index in [1.807, 2.05) is 0 Å². The number of aryl methyl sites for hydroxylation is 1. The molecular weight excluding hydrogens is 526 g/mol. The number of methoxy groups -OCH3 is 2. The van der Waals surface area contributed by atoms with Gasteiger partial charge >= 0.3 is 0 Å². The monoisotopic (exact) mass is 547 g/mol. The molecule has 5 rings (SSSR count). The molecule has 0 amide bonds. The Balaban J connectivity index is 1.65. The summed E-state index contributed by atoms with van der Waals surface area (Å²) >= 11 is 0. The molecule has 0 radical (unpaired) electrons. The molecule has 0 spiro atoms. The van der Waals surface area contributed by atoms with Gasteiger partial charge in [-0.1, -0.05) is 18.2 Å². The van der Waals surface area contributed by atoms with Crippen molar-refractivity contribution in [2.24, 2.45) is 0 Å². The minimum Gasteiger partial charge on any atom is -0.493 e. The van der Waals surface area contributed by atoms with Crippen LogP contribution in [0.1, 0.15) is 5.56 Å². The van der Waals surface area contributed by atoms with Crippen molar-refractivity contribution in [3.63, 3.8) is 0 Å². The highest BCUT2D eigenvalue weighted by Gasteiger charge is 2.26. The third-order valence-corrected chi connectivity index (χ3v) is 6.55. The predicted molar refractivity (Wildman–Crippen MR) is 138 cm³/mol. The quantitative estimate of drug-likeness (QED) is 0.276. The molecule has 2 N–H and O–H groups in total. The number of aromatic amines is 1. The number of ether oxygens (including phenoxy) is 3. The Labute approximate surface area is 222 Å². The van der Waals surface area contributed by atoms with E-state index in [1.54, 1.807) is 49.4 Å². The van der Waals surface area contributed by atoms with Gasteiger partial charge in [0.2, 0.25) is 11.6 Å². The molecule has 39 heavy (non-hydrogen) atoms. The number of anilines is 1. The summed E-state index contributed by atoms with van der Waals surface area (Å²) in [6.07, 6.45) is 2.96. The van der Waals surface area contributed by atoms with E-state index in [0.29, 0.717) is 17.0 Å². The minimum atomic E-state index is -4.19. The van der Waals surface area contributed by atoms with Crippen LogP contribution in [-0.4, -0.2) is 63.2 Å². The van der Waals surface area contributed by atoms with E-state index >= 15 is 0 Å².